The van der Waals surface area contributed by atoms with E-state index in [1.165, 1.54) is 0 Å². The summed E-state index contributed by atoms with van der Waals surface area (Å²) < 4.78 is 7.68. The van der Waals surface area contributed by atoms with E-state index in [4.69, 9.17) is 4.74 Å². The summed E-state index contributed by atoms with van der Waals surface area (Å²) in [6.45, 7) is 6.19. The molecule has 1 aliphatic rings. The van der Waals surface area contributed by atoms with Crippen molar-refractivity contribution in [3.05, 3.63) is 36.0 Å². The number of carbonyl (C=O) groups excluding carboxylic acids is 1. The summed E-state index contributed by atoms with van der Waals surface area (Å²) in [7, 11) is 0. The van der Waals surface area contributed by atoms with Crippen molar-refractivity contribution >= 4 is 11.8 Å². The Bertz CT molecular complexity index is 686. The molecule has 0 spiro atoms. The van der Waals surface area contributed by atoms with Gasteiger partial charge in [-0.15, -0.1) is 10.2 Å². The van der Waals surface area contributed by atoms with E-state index in [1.54, 1.807) is 17.4 Å². The van der Waals surface area contributed by atoms with Crippen LogP contribution in [0.3, 0.4) is 0 Å². The molecule has 3 rings (SSSR count). The van der Waals surface area contributed by atoms with Gasteiger partial charge in [-0.2, -0.15) is 0 Å². The normalized spacial score (nSPS) is 18.0. The second-order valence-electron chi connectivity index (χ2n) is 5.43. The lowest BCUT2D eigenvalue weighted by Gasteiger charge is -2.32. The third-order valence-electron chi connectivity index (χ3n) is 3.78. The summed E-state index contributed by atoms with van der Waals surface area (Å²) in [6.07, 6.45) is 3.09. The molecule has 1 unspecified atom stereocenters. The van der Waals surface area contributed by atoms with Gasteiger partial charge in [-0.1, -0.05) is 0 Å². The predicted octanol–water partition coefficient (Wildman–Crippen LogP) is 1.61. The van der Waals surface area contributed by atoms with Gasteiger partial charge in [0.15, 0.2) is 5.82 Å². The predicted molar refractivity (Wildman–Crippen MR) is 84.0 cm³/mol. The number of aryl methyl sites for hydroxylation is 2. The van der Waals surface area contributed by atoms with E-state index < -0.39 is 0 Å². The minimum atomic E-state index is -0.262. The molecule has 2 amide bonds. The molecule has 2 aromatic rings. The highest BCUT2D eigenvalue weighted by molar-refractivity contribution is 5.88. The fourth-order valence-corrected chi connectivity index (χ4v) is 2.54. The Hall–Kier alpha value is -2.48. The zero-order valence-electron chi connectivity index (χ0n) is 13.3. The smallest absolute Gasteiger partial charge is 0.323 e. The van der Waals surface area contributed by atoms with Crippen molar-refractivity contribution in [2.45, 2.75) is 26.5 Å². The lowest BCUT2D eigenvalue weighted by Crippen LogP contribution is -2.45. The molecular formula is C15H20N6O2. The Morgan fingerprint density at radius 1 is 1.52 bits per heavy atom. The summed E-state index contributed by atoms with van der Waals surface area (Å²) in [5, 5.41) is 10.9. The first-order valence-corrected chi connectivity index (χ1v) is 7.65. The standard InChI is InChI=1S/C15H20N6O2/c1-3-20-10-17-19-14(20)12-9-21(6-7-23-12)15(22)18-13-8-11(2)4-5-16-13/h4-5,8,10,12H,3,6-7,9H2,1-2H3,(H,16,18,22). The van der Waals surface area contributed by atoms with Crippen LogP contribution in [0.25, 0.3) is 0 Å². The Morgan fingerprint density at radius 3 is 3.17 bits per heavy atom. The van der Waals surface area contributed by atoms with E-state index in [1.807, 2.05) is 30.5 Å². The van der Waals surface area contributed by atoms with Crippen molar-refractivity contribution in [2.75, 3.05) is 25.0 Å². The average molecular weight is 316 g/mol. The van der Waals surface area contributed by atoms with Crippen molar-refractivity contribution in [3.8, 4) is 0 Å². The number of amides is 2. The minimum absolute atomic E-state index is 0.182. The van der Waals surface area contributed by atoms with E-state index in [-0.39, 0.29) is 12.1 Å². The van der Waals surface area contributed by atoms with Gasteiger partial charge in [0, 0.05) is 19.3 Å². The Kier molecular flexibility index (Phi) is 4.52. The molecule has 0 radical (unpaired) electrons. The lowest BCUT2D eigenvalue weighted by molar-refractivity contribution is -0.0199. The van der Waals surface area contributed by atoms with Crippen molar-refractivity contribution in [1.82, 2.24) is 24.6 Å². The molecule has 1 atom stereocenters. The van der Waals surface area contributed by atoms with Crippen molar-refractivity contribution < 1.29 is 9.53 Å². The van der Waals surface area contributed by atoms with Crippen LogP contribution in [0.2, 0.25) is 0 Å². The Morgan fingerprint density at radius 2 is 2.39 bits per heavy atom. The largest absolute Gasteiger partial charge is 0.366 e. The molecule has 2 aromatic heterocycles. The highest BCUT2D eigenvalue weighted by Gasteiger charge is 2.28. The van der Waals surface area contributed by atoms with Gasteiger partial charge in [0.1, 0.15) is 18.2 Å². The molecule has 8 nitrogen and oxygen atoms in total. The molecule has 0 aliphatic carbocycles. The first-order chi connectivity index (χ1) is 11.2. The second-order valence-corrected chi connectivity index (χ2v) is 5.43. The number of urea groups is 1. The second kappa shape index (κ2) is 6.74. The SMILES string of the molecule is CCn1cnnc1C1CN(C(=O)Nc2cc(C)ccn2)CCO1. The lowest BCUT2D eigenvalue weighted by atomic mass is 10.2. The summed E-state index contributed by atoms with van der Waals surface area (Å²) in [5.41, 5.74) is 1.05. The molecule has 3 heterocycles. The van der Waals surface area contributed by atoms with E-state index in [0.29, 0.717) is 25.5 Å². The van der Waals surface area contributed by atoms with Crippen LogP contribution < -0.4 is 5.32 Å². The number of ether oxygens (including phenoxy) is 1. The number of nitrogens with zero attached hydrogens (tertiary/aromatic N) is 5. The third-order valence-corrected chi connectivity index (χ3v) is 3.78. The van der Waals surface area contributed by atoms with E-state index in [9.17, 15) is 4.79 Å². The van der Waals surface area contributed by atoms with Crippen LogP contribution in [-0.4, -0.2) is 50.4 Å². The number of carbonyl (C=O) groups is 1. The van der Waals surface area contributed by atoms with Crippen LogP contribution in [0.5, 0.6) is 0 Å². The number of rotatable bonds is 3. The minimum Gasteiger partial charge on any atom is -0.366 e. The number of anilines is 1. The van der Waals surface area contributed by atoms with Crippen LogP contribution in [0.4, 0.5) is 10.6 Å². The molecule has 23 heavy (non-hydrogen) atoms. The van der Waals surface area contributed by atoms with E-state index in [0.717, 1.165) is 17.9 Å². The van der Waals surface area contributed by atoms with Gasteiger partial charge in [-0.25, -0.2) is 9.78 Å². The molecular weight excluding hydrogens is 296 g/mol. The molecule has 0 aromatic carbocycles. The quantitative estimate of drug-likeness (QED) is 0.930. The molecule has 1 N–H and O–H groups in total. The van der Waals surface area contributed by atoms with Gasteiger partial charge in [0.05, 0.1) is 13.2 Å². The number of nitrogens with one attached hydrogen (secondary N) is 1. The number of pyridine rings is 1. The number of aromatic nitrogens is 4. The van der Waals surface area contributed by atoms with Crippen LogP contribution in [0.15, 0.2) is 24.7 Å². The maximum Gasteiger partial charge on any atom is 0.323 e. The summed E-state index contributed by atoms with van der Waals surface area (Å²) >= 11 is 0. The molecule has 0 bridgehead atoms. The number of hydrogen-bond donors (Lipinski definition) is 1. The number of hydrogen-bond acceptors (Lipinski definition) is 5. The van der Waals surface area contributed by atoms with Gasteiger partial charge < -0.3 is 14.2 Å². The molecule has 0 saturated carbocycles. The fourth-order valence-electron chi connectivity index (χ4n) is 2.54. The van der Waals surface area contributed by atoms with Gasteiger partial charge in [-0.05, 0) is 31.5 Å². The van der Waals surface area contributed by atoms with E-state index >= 15 is 0 Å². The first kappa shape index (κ1) is 15.4. The van der Waals surface area contributed by atoms with Crippen molar-refractivity contribution in [2.24, 2.45) is 0 Å². The maximum atomic E-state index is 12.4. The fraction of sp³-hybridized carbons (Fsp3) is 0.467. The molecule has 8 heteroatoms. The zero-order chi connectivity index (χ0) is 16.2. The van der Waals surface area contributed by atoms with Gasteiger partial charge >= 0.3 is 6.03 Å². The summed E-state index contributed by atoms with van der Waals surface area (Å²) in [4.78, 5) is 18.3. The Balaban J connectivity index is 1.67. The van der Waals surface area contributed by atoms with Crippen LogP contribution in [-0.2, 0) is 11.3 Å². The van der Waals surface area contributed by atoms with Crippen molar-refractivity contribution in [1.29, 1.82) is 0 Å². The van der Waals surface area contributed by atoms with Gasteiger partial charge in [-0.3, -0.25) is 5.32 Å². The summed E-state index contributed by atoms with van der Waals surface area (Å²) in [6, 6.07) is 3.54. The monoisotopic (exact) mass is 316 g/mol. The van der Waals surface area contributed by atoms with Gasteiger partial charge in [0.2, 0.25) is 0 Å². The maximum absolute atomic E-state index is 12.4. The average Bonchev–Trinajstić information content (AvgIpc) is 3.03. The zero-order valence-corrected chi connectivity index (χ0v) is 13.3. The van der Waals surface area contributed by atoms with Crippen LogP contribution >= 0.6 is 0 Å². The third kappa shape index (κ3) is 3.48. The van der Waals surface area contributed by atoms with Crippen molar-refractivity contribution in [3.63, 3.8) is 0 Å². The summed E-state index contributed by atoms with van der Waals surface area (Å²) in [5.74, 6) is 1.30. The van der Waals surface area contributed by atoms with Crippen LogP contribution in [0, 0.1) is 6.92 Å². The molecule has 122 valence electrons. The molecule has 1 fully saturated rings. The first-order valence-electron chi connectivity index (χ1n) is 7.65. The van der Waals surface area contributed by atoms with Crippen LogP contribution in [0.1, 0.15) is 24.4 Å². The molecule has 1 saturated heterocycles. The van der Waals surface area contributed by atoms with E-state index in [2.05, 4.69) is 20.5 Å². The van der Waals surface area contributed by atoms with Gasteiger partial charge in [0.25, 0.3) is 0 Å². The molecule has 1 aliphatic heterocycles. The number of morpholine rings is 1. The highest BCUT2D eigenvalue weighted by Crippen LogP contribution is 2.21. The topological polar surface area (TPSA) is 85.2 Å². The highest BCUT2D eigenvalue weighted by atomic mass is 16.5. The Labute approximate surface area is 134 Å².